The van der Waals surface area contributed by atoms with Crippen molar-refractivity contribution >= 4 is 5.69 Å². The molecule has 0 spiro atoms. The van der Waals surface area contributed by atoms with Gasteiger partial charge in [0, 0.05) is 25.5 Å². The predicted octanol–water partition coefficient (Wildman–Crippen LogP) is 4.00. The number of ether oxygens (including phenoxy) is 1. The quantitative estimate of drug-likeness (QED) is 0.536. The van der Waals surface area contributed by atoms with Crippen LogP contribution in [0.15, 0.2) is 42.9 Å². The van der Waals surface area contributed by atoms with Crippen molar-refractivity contribution in [3.05, 3.63) is 54.2 Å². The first-order valence-electron chi connectivity index (χ1n) is 10.2. The van der Waals surface area contributed by atoms with Gasteiger partial charge in [-0.2, -0.15) is 13.2 Å². The zero-order valence-corrected chi connectivity index (χ0v) is 16.9. The summed E-state index contributed by atoms with van der Waals surface area (Å²) in [6, 6.07) is 7.40. The van der Waals surface area contributed by atoms with Gasteiger partial charge in [-0.25, -0.2) is 9.67 Å². The summed E-state index contributed by atoms with van der Waals surface area (Å²) in [5, 5.41) is 4.27. The Hall–Kier alpha value is -3.01. The van der Waals surface area contributed by atoms with Crippen molar-refractivity contribution in [2.75, 3.05) is 18.0 Å². The van der Waals surface area contributed by atoms with Crippen LogP contribution in [0.5, 0.6) is 0 Å². The molecule has 1 aliphatic heterocycles. The topological polar surface area (TPSA) is 69.0 Å². The molecular weight excluding hydrogens is 409 g/mol. The van der Waals surface area contributed by atoms with Gasteiger partial charge in [0.2, 0.25) is 0 Å². The van der Waals surface area contributed by atoms with Crippen molar-refractivity contribution in [1.82, 2.24) is 24.7 Å². The molecule has 0 aromatic carbocycles. The summed E-state index contributed by atoms with van der Waals surface area (Å²) >= 11 is 0. The van der Waals surface area contributed by atoms with Crippen LogP contribution in [0, 0.1) is 0 Å². The van der Waals surface area contributed by atoms with Gasteiger partial charge < -0.3 is 9.64 Å². The number of halogens is 3. The van der Waals surface area contributed by atoms with Crippen LogP contribution in [0.3, 0.4) is 0 Å². The van der Waals surface area contributed by atoms with Crippen molar-refractivity contribution in [2.24, 2.45) is 0 Å². The smallest absolute Gasteiger partial charge is 0.370 e. The first kappa shape index (κ1) is 21.2. The molecular formula is C21H23F3N6O. The lowest BCUT2D eigenvalue weighted by Crippen LogP contribution is -2.17. The standard InChI is InChI=1S/C21H23F3N6O/c22-21(23,24)7-11-30-19(15-31-14-16-4-3-8-25-12-16)27-20(28-30)18-6-5-17(13-26-18)29-9-1-2-10-29/h3-6,8,12-13H,1-2,7,9-11,14-15H2. The number of aromatic nitrogens is 5. The lowest BCUT2D eigenvalue weighted by atomic mass is 10.3. The predicted molar refractivity (Wildman–Crippen MR) is 108 cm³/mol. The summed E-state index contributed by atoms with van der Waals surface area (Å²) in [6.45, 7) is 1.99. The molecule has 1 saturated heterocycles. The summed E-state index contributed by atoms with van der Waals surface area (Å²) < 4.78 is 45.1. The molecule has 0 N–H and O–H groups in total. The van der Waals surface area contributed by atoms with Crippen molar-refractivity contribution in [3.63, 3.8) is 0 Å². The van der Waals surface area contributed by atoms with E-state index in [1.54, 1.807) is 30.7 Å². The molecule has 0 radical (unpaired) electrons. The van der Waals surface area contributed by atoms with Gasteiger partial charge in [-0.15, -0.1) is 5.10 Å². The highest BCUT2D eigenvalue weighted by Crippen LogP contribution is 2.24. The van der Waals surface area contributed by atoms with E-state index in [1.807, 2.05) is 12.1 Å². The van der Waals surface area contributed by atoms with E-state index in [-0.39, 0.29) is 25.6 Å². The van der Waals surface area contributed by atoms with Crippen molar-refractivity contribution in [1.29, 1.82) is 0 Å². The SMILES string of the molecule is FC(F)(F)CCn1nc(-c2ccc(N3CCCC3)cn2)nc1COCc1cccnc1. The fourth-order valence-electron chi connectivity index (χ4n) is 3.43. The number of hydrogen-bond acceptors (Lipinski definition) is 6. The van der Waals surface area contributed by atoms with E-state index in [2.05, 4.69) is 25.0 Å². The number of nitrogens with zero attached hydrogens (tertiary/aromatic N) is 6. The fraction of sp³-hybridized carbons (Fsp3) is 0.429. The fourth-order valence-corrected chi connectivity index (χ4v) is 3.43. The molecule has 0 bridgehead atoms. The van der Waals surface area contributed by atoms with Crippen molar-refractivity contribution in [3.8, 4) is 11.5 Å². The molecule has 1 aliphatic rings. The molecule has 0 aliphatic carbocycles. The second-order valence-corrected chi connectivity index (χ2v) is 7.39. The Labute approximate surface area is 177 Å². The van der Waals surface area contributed by atoms with Crippen LogP contribution in [0.1, 0.15) is 30.7 Å². The van der Waals surface area contributed by atoms with Gasteiger partial charge in [0.15, 0.2) is 11.6 Å². The molecule has 7 nitrogen and oxygen atoms in total. The van der Waals surface area contributed by atoms with E-state index in [1.165, 1.54) is 4.68 Å². The first-order chi connectivity index (χ1) is 15.0. The molecule has 0 amide bonds. The Morgan fingerprint density at radius 2 is 1.87 bits per heavy atom. The molecule has 1 fully saturated rings. The number of hydrogen-bond donors (Lipinski definition) is 0. The Kier molecular flexibility index (Phi) is 6.45. The van der Waals surface area contributed by atoms with Crippen LogP contribution in [-0.2, 0) is 24.5 Å². The summed E-state index contributed by atoms with van der Waals surface area (Å²) in [4.78, 5) is 15.1. The second-order valence-electron chi connectivity index (χ2n) is 7.39. The average molecular weight is 432 g/mol. The average Bonchev–Trinajstić information content (AvgIpc) is 3.43. The molecule has 3 aromatic rings. The van der Waals surface area contributed by atoms with Gasteiger partial charge in [0.05, 0.1) is 31.5 Å². The minimum absolute atomic E-state index is 0.0333. The normalized spacial score (nSPS) is 14.4. The summed E-state index contributed by atoms with van der Waals surface area (Å²) in [5.41, 5.74) is 2.41. The highest BCUT2D eigenvalue weighted by molar-refractivity contribution is 5.54. The molecule has 164 valence electrons. The Morgan fingerprint density at radius 3 is 2.55 bits per heavy atom. The van der Waals surface area contributed by atoms with Crippen LogP contribution in [0.4, 0.5) is 18.9 Å². The molecule has 4 rings (SSSR count). The molecule has 4 heterocycles. The number of anilines is 1. The van der Waals surface area contributed by atoms with Gasteiger partial charge in [-0.3, -0.25) is 9.97 Å². The van der Waals surface area contributed by atoms with Crippen LogP contribution in [-0.4, -0.2) is 44.0 Å². The molecule has 31 heavy (non-hydrogen) atoms. The molecule has 0 atom stereocenters. The van der Waals surface area contributed by atoms with E-state index in [0.29, 0.717) is 11.5 Å². The third-order valence-electron chi connectivity index (χ3n) is 5.03. The number of rotatable bonds is 8. The third-order valence-corrected chi connectivity index (χ3v) is 5.03. The number of aryl methyl sites for hydroxylation is 1. The highest BCUT2D eigenvalue weighted by Gasteiger charge is 2.28. The minimum Gasteiger partial charge on any atom is -0.370 e. The Balaban J connectivity index is 1.49. The van der Waals surface area contributed by atoms with Crippen LogP contribution in [0.25, 0.3) is 11.5 Å². The summed E-state index contributed by atoms with van der Waals surface area (Å²) in [5.74, 6) is 0.615. The zero-order valence-electron chi connectivity index (χ0n) is 16.9. The van der Waals surface area contributed by atoms with Gasteiger partial charge in [0.1, 0.15) is 12.3 Å². The second kappa shape index (κ2) is 9.42. The van der Waals surface area contributed by atoms with E-state index < -0.39 is 12.6 Å². The van der Waals surface area contributed by atoms with Crippen molar-refractivity contribution < 1.29 is 17.9 Å². The maximum Gasteiger partial charge on any atom is 0.390 e. The van der Waals surface area contributed by atoms with E-state index in [4.69, 9.17) is 4.74 Å². The zero-order chi connectivity index (χ0) is 21.7. The summed E-state index contributed by atoms with van der Waals surface area (Å²) in [7, 11) is 0. The largest absolute Gasteiger partial charge is 0.390 e. The van der Waals surface area contributed by atoms with Gasteiger partial charge in [0.25, 0.3) is 0 Å². The van der Waals surface area contributed by atoms with Gasteiger partial charge in [-0.1, -0.05) is 6.07 Å². The van der Waals surface area contributed by atoms with Crippen LogP contribution >= 0.6 is 0 Å². The third kappa shape index (κ3) is 5.78. The number of pyridine rings is 2. The first-order valence-corrected chi connectivity index (χ1v) is 10.2. The monoisotopic (exact) mass is 432 g/mol. The number of alkyl halides is 3. The Morgan fingerprint density at radius 1 is 1.03 bits per heavy atom. The van der Waals surface area contributed by atoms with Crippen LogP contribution in [0.2, 0.25) is 0 Å². The lowest BCUT2D eigenvalue weighted by Gasteiger charge is -2.16. The maximum absolute atomic E-state index is 12.8. The molecule has 10 heteroatoms. The molecule has 0 unspecified atom stereocenters. The highest BCUT2D eigenvalue weighted by atomic mass is 19.4. The van der Waals surface area contributed by atoms with E-state index >= 15 is 0 Å². The minimum atomic E-state index is -4.28. The van der Waals surface area contributed by atoms with Crippen LogP contribution < -0.4 is 4.90 Å². The summed E-state index contributed by atoms with van der Waals surface area (Å²) in [6.07, 6.45) is 2.14. The molecule has 0 saturated carbocycles. The van der Waals surface area contributed by atoms with Gasteiger partial charge >= 0.3 is 6.18 Å². The van der Waals surface area contributed by atoms with Crippen molar-refractivity contribution in [2.45, 2.75) is 45.2 Å². The lowest BCUT2D eigenvalue weighted by molar-refractivity contribution is -0.137. The molecule has 3 aromatic heterocycles. The van der Waals surface area contributed by atoms with E-state index in [9.17, 15) is 13.2 Å². The Bertz CT molecular complexity index is 969. The maximum atomic E-state index is 12.8. The van der Waals surface area contributed by atoms with Gasteiger partial charge in [-0.05, 0) is 36.6 Å². The van der Waals surface area contributed by atoms with E-state index in [0.717, 1.165) is 37.2 Å².